The number of hydrogen-bond acceptors (Lipinski definition) is 11. The first-order valence-electron chi connectivity index (χ1n) is 17.7. The standard InChI is InChI=1S/C44H31ClN4O8/c1-22(50)32-16-13-23-7-5-11-33(38(23)48-32)46-20-29-36(51)18-15-27-37(25-9-3-4-10-26(25)43(53)54)28-19-31(45)40(52)30(42(28)57-41(27)29)21-47-34-12-6-8-24-14-17-35(44(55)56-2)49-39(24)34/h3-19,46-47,51H,20-21H2,1-2H3,(H,53,54). The number of aromatic carboxylic acids is 1. The lowest BCUT2D eigenvalue weighted by atomic mass is 9.88. The van der Waals surface area contributed by atoms with E-state index in [-0.39, 0.29) is 57.8 Å². The van der Waals surface area contributed by atoms with Gasteiger partial charge in [-0.2, -0.15) is 0 Å². The SMILES string of the molecule is COC(=O)c1ccc2cccc(NCc3c4oc5c(CNc6cccc7ccc(C(C)=O)nc67)c(O)ccc5c(-c5ccccc5C(=O)O)c-4cc(Cl)c3=O)c2n1. The van der Waals surface area contributed by atoms with Gasteiger partial charge in [0.25, 0.3) is 0 Å². The number of benzene rings is 5. The minimum Gasteiger partial charge on any atom is -0.507 e. The molecule has 0 saturated heterocycles. The molecule has 0 atom stereocenters. The smallest absolute Gasteiger partial charge is 0.356 e. The van der Waals surface area contributed by atoms with Gasteiger partial charge in [-0.3, -0.25) is 9.59 Å². The van der Waals surface area contributed by atoms with Crippen LogP contribution in [0.2, 0.25) is 5.02 Å². The van der Waals surface area contributed by atoms with Crippen LogP contribution in [0.3, 0.4) is 0 Å². The third-order valence-electron chi connectivity index (χ3n) is 9.79. The summed E-state index contributed by atoms with van der Waals surface area (Å²) in [6.45, 7) is 1.31. The number of phenolic OH excluding ortho intramolecular Hbond substituents is 1. The van der Waals surface area contributed by atoms with Crippen molar-refractivity contribution < 1.29 is 33.8 Å². The molecule has 2 aromatic heterocycles. The van der Waals surface area contributed by atoms with Crippen molar-refractivity contribution in [1.82, 2.24) is 9.97 Å². The maximum absolute atomic E-state index is 14.0. The second-order valence-electron chi connectivity index (χ2n) is 13.2. The first kappa shape index (κ1) is 36.7. The number of aromatic nitrogens is 2. The molecule has 57 heavy (non-hydrogen) atoms. The summed E-state index contributed by atoms with van der Waals surface area (Å²) in [5.41, 5.74) is 3.65. The number of carboxylic acids is 1. The summed E-state index contributed by atoms with van der Waals surface area (Å²) in [6, 6.07) is 28.7. The highest BCUT2D eigenvalue weighted by atomic mass is 35.5. The number of aromatic hydroxyl groups is 1. The van der Waals surface area contributed by atoms with Crippen molar-refractivity contribution in [3.8, 4) is 28.2 Å². The van der Waals surface area contributed by atoms with Crippen LogP contribution < -0.4 is 16.1 Å². The van der Waals surface area contributed by atoms with Crippen LogP contribution in [0.25, 0.3) is 55.2 Å². The number of Topliss-reactive ketones (excluding diaryl/α,β-unsaturated/α-hetero) is 1. The molecule has 3 heterocycles. The molecule has 1 aliphatic heterocycles. The van der Waals surface area contributed by atoms with Gasteiger partial charge in [0.15, 0.2) is 5.78 Å². The van der Waals surface area contributed by atoms with E-state index in [1.54, 1.807) is 66.7 Å². The molecule has 0 saturated carbocycles. The van der Waals surface area contributed by atoms with E-state index in [9.17, 15) is 29.4 Å². The summed E-state index contributed by atoms with van der Waals surface area (Å²) >= 11 is 6.67. The normalized spacial score (nSPS) is 11.3. The number of pyridine rings is 2. The number of carboxylic acid groups (broad SMARTS) is 1. The van der Waals surface area contributed by atoms with Crippen LogP contribution in [-0.2, 0) is 17.8 Å². The Bertz CT molecular complexity index is 3000. The fourth-order valence-electron chi connectivity index (χ4n) is 7.02. The van der Waals surface area contributed by atoms with Crippen molar-refractivity contribution >= 4 is 73.5 Å². The third-order valence-corrected chi connectivity index (χ3v) is 10.1. The molecule has 2 aliphatic rings. The molecule has 4 N–H and O–H groups in total. The van der Waals surface area contributed by atoms with E-state index in [1.807, 2.05) is 18.2 Å². The predicted octanol–water partition coefficient (Wildman–Crippen LogP) is 8.93. The van der Waals surface area contributed by atoms with Crippen molar-refractivity contribution in [1.29, 1.82) is 0 Å². The third kappa shape index (κ3) is 6.61. The fraction of sp³-hybridized carbons (Fsp3) is 0.0909. The van der Waals surface area contributed by atoms with Crippen LogP contribution in [0.5, 0.6) is 5.75 Å². The second kappa shape index (κ2) is 14.7. The minimum atomic E-state index is -1.18. The highest BCUT2D eigenvalue weighted by molar-refractivity contribution is 6.31. The van der Waals surface area contributed by atoms with Crippen LogP contribution >= 0.6 is 11.6 Å². The van der Waals surface area contributed by atoms with Gasteiger partial charge in [-0.15, -0.1) is 0 Å². The van der Waals surface area contributed by atoms with E-state index in [2.05, 4.69) is 20.6 Å². The molecule has 0 spiro atoms. The van der Waals surface area contributed by atoms with Gasteiger partial charge in [0.2, 0.25) is 5.43 Å². The van der Waals surface area contributed by atoms with Crippen molar-refractivity contribution in [2.75, 3.05) is 17.7 Å². The van der Waals surface area contributed by atoms with Crippen LogP contribution in [0.15, 0.2) is 112 Å². The van der Waals surface area contributed by atoms with Crippen LogP contribution in [0.1, 0.15) is 49.4 Å². The number of ketones is 1. The van der Waals surface area contributed by atoms with Gasteiger partial charge in [0.1, 0.15) is 28.5 Å². The number of halogens is 1. The monoisotopic (exact) mass is 778 g/mol. The Hall–Kier alpha value is -7.31. The van der Waals surface area contributed by atoms with E-state index in [0.717, 1.165) is 10.8 Å². The topological polar surface area (TPSA) is 181 Å². The molecular weight excluding hydrogens is 748 g/mol. The first-order chi connectivity index (χ1) is 27.5. The van der Waals surface area contributed by atoms with E-state index >= 15 is 0 Å². The van der Waals surface area contributed by atoms with Crippen LogP contribution in [0, 0.1) is 0 Å². The Morgan fingerprint density at radius 3 is 2.05 bits per heavy atom. The van der Waals surface area contributed by atoms with Crippen molar-refractivity contribution in [2.45, 2.75) is 20.0 Å². The molecule has 12 nitrogen and oxygen atoms in total. The average molecular weight is 779 g/mol. The van der Waals surface area contributed by atoms with Gasteiger partial charge in [-0.1, -0.05) is 66.2 Å². The number of carbonyl (C=O) groups is 3. The minimum absolute atomic E-state index is 0.00109. The van der Waals surface area contributed by atoms with Crippen molar-refractivity contribution in [3.63, 3.8) is 0 Å². The van der Waals surface area contributed by atoms with Crippen LogP contribution in [0.4, 0.5) is 11.4 Å². The lowest BCUT2D eigenvalue weighted by Crippen LogP contribution is -2.17. The van der Waals surface area contributed by atoms with Gasteiger partial charge in [0.05, 0.1) is 51.2 Å². The number of ether oxygens (including phenoxy) is 1. The molecule has 282 valence electrons. The summed E-state index contributed by atoms with van der Waals surface area (Å²) in [4.78, 5) is 60.2. The average Bonchev–Trinajstić information content (AvgIpc) is 3.22. The number of phenols is 1. The molecule has 0 unspecified atom stereocenters. The number of anilines is 2. The summed E-state index contributed by atoms with van der Waals surface area (Å²) in [6.07, 6.45) is 0. The van der Waals surface area contributed by atoms with Crippen molar-refractivity contribution in [2.24, 2.45) is 0 Å². The second-order valence-corrected chi connectivity index (χ2v) is 13.6. The zero-order valence-electron chi connectivity index (χ0n) is 30.3. The van der Waals surface area contributed by atoms with Crippen LogP contribution in [-0.4, -0.2) is 45.0 Å². The van der Waals surface area contributed by atoms with E-state index < -0.39 is 17.4 Å². The first-order valence-corrected chi connectivity index (χ1v) is 18.0. The molecule has 0 amide bonds. The molecule has 0 radical (unpaired) electrons. The highest BCUT2D eigenvalue weighted by Gasteiger charge is 2.28. The Morgan fingerprint density at radius 1 is 0.772 bits per heavy atom. The van der Waals surface area contributed by atoms with Gasteiger partial charge < -0.3 is 30.0 Å². The number of para-hydroxylation sites is 2. The molecule has 6 aromatic rings. The van der Waals surface area contributed by atoms with E-state index in [0.29, 0.717) is 55.7 Å². The molecule has 4 aromatic carbocycles. The number of esters is 1. The molecular formula is C44H31ClN4O8. The highest BCUT2D eigenvalue weighted by Crippen LogP contribution is 2.46. The summed E-state index contributed by atoms with van der Waals surface area (Å²) < 4.78 is 11.5. The summed E-state index contributed by atoms with van der Waals surface area (Å²) in [7, 11) is 1.27. The Balaban J connectivity index is 1.33. The quantitative estimate of drug-likeness (QED) is 0.0589. The number of nitrogens with one attached hydrogen (secondary N) is 2. The number of hydrogen-bond donors (Lipinski definition) is 4. The largest absolute Gasteiger partial charge is 0.507 e. The number of rotatable bonds is 10. The van der Waals surface area contributed by atoms with E-state index in [1.165, 1.54) is 32.2 Å². The van der Waals surface area contributed by atoms with Gasteiger partial charge in [0, 0.05) is 47.3 Å². The zero-order chi connectivity index (χ0) is 40.0. The van der Waals surface area contributed by atoms with Gasteiger partial charge in [-0.05, 0) is 54.1 Å². The summed E-state index contributed by atoms with van der Waals surface area (Å²) in [5.74, 6) is -2.01. The molecule has 0 fully saturated rings. The molecule has 8 rings (SSSR count). The molecule has 0 bridgehead atoms. The number of fused-ring (bicyclic) bond motifs is 4. The fourth-order valence-corrected chi connectivity index (χ4v) is 7.24. The van der Waals surface area contributed by atoms with Gasteiger partial charge in [-0.25, -0.2) is 19.6 Å². The lowest BCUT2D eigenvalue weighted by Gasteiger charge is -2.21. The van der Waals surface area contributed by atoms with E-state index in [4.69, 9.17) is 20.8 Å². The van der Waals surface area contributed by atoms with Crippen molar-refractivity contribution in [3.05, 3.63) is 146 Å². The maximum atomic E-state index is 14.0. The Labute approximate surface area is 328 Å². The molecule has 1 aliphatic carbocycles. The summed E-state index contributed by atoms with van der Waals surface area (Å²) in [5, 5.41) is 30.2. The number of nitrogens with zero attached hydrogens (tertiary/aromatic N) is 2. The molecule has 13 heteroatoms. The van der Waals surface area contributed by atoms with Gasteiger partial charge >= 0.3 is 11.9 Å². The predicted molar refractivity (Wildman–Crippen MR) is 218 cm³/mol. The maximum Gasteiger partial charge on any atom is 0.356 e. The zero-order valence-corrected chi connectivity index (χ0v) is 31.1. The Kier molecular flexibility index (Phi) is 9.48. The number of methoxy groups -OCH3 is 1. The number of carbonyl (C=O) groups excluding carboxylic acids is 2. The Morgan fingerprint density at radius 2 is 1.40 bits per heavy atom. The lowest BCUT2D eigenvalue weighted by molar-refractivity contribution is 0.0593.